The molecule has 0 bridgehead atoms. The molecule has 24 heavy (non-hydrogen) atoms. The van der Waals surface area contributed by atoms with Crippen LogP contribution in [0.1, 0.15) is 11.1 Å². The topological polar surface area (TPSA) is 18.8 Å². The Kier molecular flexibility index (Phi) is 4.25. The van der Waals surface area contributed by atoms with Gasteiger partial charge in [-0.05, 0) is 42.4 Å². The monoisotopic (exact) mass is 359 g/mol. The second kappa shape index (κ2) is 6.40. The van der Waals surface area contributed by atoms with Crippen LogP contribution in [0.25, 0.3) is 0 Å². The van der Waals surface area contributed by atoms with Crippen molar-refractivity contribution in [3.8, 4) is 0 Å². The van der Waals surface area contributed by atoms with E-state index in [1.165, 1.54) is 5.69 Å². The molecule has 0 N–H and O–H groups in total. The highest BCUT2D eigenvalue weighted by Gasteiger charge is 2.19. The van der Waals surface area contributed by atoms with Crippen molar-refractivity contribution in [1.82, 2.24) is 4.90 Å². The summed E-state index contributed by atoms with van der Waals surface area (Å²) >= 11 is 12.2. The maximum atomic E-state index is 6.11. The molecule has 0 atom stereocenters. The number of fused-ring (bicyclic) bond motifs is 1. The Bertz CT molecular complexity index is 791. The first-order valence-corrected chi connectivity index (χ1v) is 8.95. The summed E-state index contributed by atoms with van der Waals surface area (Å²) in [6.45, 7) is 4.40. The summed E-state index contributed by atoms with van der Waals surface area (Å²) in [6.07, 6.45) is 0.806. The highest BCUT2D eigenvalue weighted by atomic mass is 35.5. The number of anilines is 1. The highest BCUT2D eigenvalue weighted by molar-refractivity contribution is 6.42. The van der Waals surface area contributed by atoms with E-state index in [0.717, 1.165) is 55.1 Å². The van der Waals surface area contributed by atoms with Gasteiger partial charge < -0.3 is 9.80 Å². The number of halogens is 2. The largest absolute Gasteiger partial charge is 0.369 e. The Morgan fingerprint density at radius 2 is 1.58 bits per heavy atom. The Labute approximate surface area is 152 Å². The number of hydrogen-bond acceptors (Lipinski definition) is 3. The lowest BCUT2D eigenvalue weighted by Crippen LogP contribution is -2.44. The van der Waals surface area contributed by atoms with Crippen LogP contribution in [-0.4, -0.2) is 43.8 Å². The summed E-state index contributed by atoms with van der Waals surface area (Å²) in [5.74, 6) is 0. The first-order valence-electron chi connectivity index (χ1n) is 8.19. The van der Waals surface area contributed by atoms with Crippen molar-refractivity contribution in [2.75, 3.05) is 38.1 Å². The molecule has 2 aliphatic heterocycles. The third-order valence-electron chi connectivity index (χ3n) is 4.80. The lowest BCUT2D eigenvalue weighted by Gasteiger charge is -2.34. The molecule has 0 unspecified atom stereocenters. The van der Waals surface area contributed by atoms with Crippen molar-refractivity contribution in [3.05, 3.63) is 57.6 Å². The molecule has 124 valence electrons. The molecular formula is C19H19Cl2N3. The van der Waals surface area contributed by atoms with Gasteiger partial charge in [-0.25, -0.2) is 0 Å². The maximum Gasteiger partial charge on any atom is 0.0685 e. The Morgan fingerprint density at radius 3 is 2.29 bits per heavy atom. The van der Waals surface area contributed by atoms with Gasteiger partial charge in [-0.2, -0.15) is 0 Å². The fraction of sp³-hybridized carbons (Fsp3) is 0.316. The van der Waals surface area contributed by atoms with E-state index in [1.807, 2.05) is 12.1 Å². The molecule has 1 fully saturated rings. The van der Waals surface area contributed by atoms with Crippen LogP contribution in [-0.2, 0) is 6.42 Å². The van der Waals surface area contributed by atoms with Gasteiger partial charge in [-0.15, -0.1) is 0 Å². The predicted octanol–water partition coefficient (Wildman–Crippen LogP) is 4.42. The van der Waals surface area contributed by atoms with E-state index in [1.54, 1.807) is 0 Å². The zero-order chi connectivity index (χ0) is 16.7. The van der Waals surface area contributed by atoms with Gasteiger partial charge in [0, 0.05) is 38.3 Å². The molecular weight excluding hydrogens is 341 g/mol. The van der Waals surface area contributed by atoms with Gasteiger partial charge in [-0.3, -0.25) is 4.99 Å². The fourth-order valence-electron chi connectivity index (χ4n) is 3.28. The van der Waals surface area contributed by atoms with Crippen LogP contribution in [0.3, 0.4) is 0 Å². The average molecular weight is 360 g/mol. The third-order valence-corrected chi connectivity index (χ3v) is 5.53. The molecule has 0 aliphatic carbocycles. The van der Waals surface area contributed by atoms with Gasteiger partial charge in [0.15, 0.2) is 0 Å². The van der Waals surface area contributed by atoms with E-state index < -0.39 is 0 Å². The molecule has 0 saturated carbocycles. The van der Waals surface area contributed by atoms with Crippen LogP contribution < -0.4 is 4.90 Å². The minimum absolute atomic E-state index is 0.561. The summed E-state index contributed by atoms with van der Waals surface area (Å²) in [4.78, 5) is 9.53. The first kappa shape index (κ1) is 15.9. The quantitative estimate of drug-likeness (QED) is 0.790. The molecule has 0 radical (unpaired) electrons. The van der Waals surface area contributed by atoms with Crippen LogP contribution in [0.15, 0.2) is 41.4 Å². The highest BCUT2D eigenvalue weighted by Crippen LogP contribution is 2.36. The summed E-state index contributed by atoms with van der Waals surface area (Å²) in [6, 6.07) is 12.5. The predicted molar refractivity (Wildman–Crippen MR) is 103 cm³/mol. The summed E-state index contributed by atoms with van der Waals surface area (Å²) in [5.41, 5.74) is 5.60. The number of aliphatic imine (C=N–C) groups is 1. The van der Waals surface area contributed by atoms with Gasteiger partial charge >= 0.3 is 0 Å². The molecule has 1 saturated heterocycles. The van der Waals surface area contributed by atoms with Crippen LogP contribution in [0.2, 0.25) is 10.0 Å². The van der Waals surface area contributed by atoms with Crippen LogP contribution in [0.4, 0.5) is 11.4 Å². The summed E-state index contributed by atoms with van der Waals surface area (Å²) in [5, 5.41) is 1.16. The number of nitrogens with zero attached hydrogens (tertiary/aromatic N) is 3. The van der Waals surface area contributed by atoms with E-state index in [9.17, 15) is 0 Å². The number of rotatable bonds is 2. The minimum Gasteiger partial charge on any atom is -0.369 e. The second-order valence-corrected chi connectivity index (χ2v) is 7.28. The van der Waals surface area contributed by atoms with Gasteiger partial charge in [0.1, 0.15) is 0 Å². The zero-order valence-electron chi connectivity index (χ0n) is 13.6. The van der Waals surface area contributed by atoms with E-state index in [-0.39, 0.29) is 0 Å². The van der Waals surface area contributed by atoms with E-state index in [4.69, 9.17) is 28.2 Å². The molecule has 2 aliphatic rings. The van der Waals surface area contributed by atoms with Crippen molar-refractivity contribution < 1.29 is 0 Å². The SMILES string of the molecule is CN1CCN(c2ccc(C3=Nc4cc(Cl)c(Cl)cc4C3)cc2)CC1. The molecule has 2 aromatic carbocycles. The number of likely N-dealkylation sites (N-methyl/N-ethyl adjacent to an activating group) is 1. The zero-order valence-corrected chi connectivity index (χ0v) is 15.1. The fourth-order valence-corrected chi connectivity index (χ4v) is 3.63. The molecule has 0 aromatic heterocycles. The number of hydrogen-bond donors (Lipinski definition) is 0. The minimum atomic E-state index is 0.561. The molecule has 0 amide bonds. The Hall–Kier alpha value is -1.55. The lowest BCUT2D eigenvalue weighted by atomic mass is 10.0. The van der Waals surface area contributed by atoms with Crippen molar-refractivity contribution >= 4 is 40.3 Å². The maximum absolute atomic E-state index is 6.11. The smallest absolute Gasteiger partial charge is 0.0685 e. The van der Waals surface area contributed by atoms with Crippen LogP contribution >= 0.6 is 23.2 Å². The molecule has 2 aromatic rings. The van der Waals surface area contributed by atoms with E-state index in [0.29, 0.717) is 10.0 Å². The van der Waals surface area contributed by atoms with Gasteiger partial charge in [0.05, 0.1) is 21.4 Å². The molecule has 4 rings (SSSR count). The van der Waals surface area contributed by atoms with E-state index in [2.05, 4.69) is 41.1 Å². The second-order valence-electron chi connectivity index (χ2n) is 6.47. The van der Waals surface area contributed by atoms with Gasteiger partial charge in [0.2, 0.25) is 0 Å². The normalized spacial score (nSPS) is 17.8. The lowest BCUT2D eigenvalue weighted by molar-refractivity contribution is 0.313. The molecule has 5 heteroatoms. The van der Waals surface area contributed by atoms with Gasteiger partial charge in [0.25, 0.3) is 0 Å². The van der Waals surface area contributed by atoms with Crippen molar-refractivity contribution in [2.24, 2.45) is 4.99 Å². The van der Waals surface area contributed by atoms with Crippen LogP contribution in [0.5, 0.6) is 0 Å². The van der Waals surface area contributed by atoms with Crippen molar-refractivity contribution in [2.45, 2.75) is 6.42 Å². The molecule has 0 spiro atoms. The summed E-state index contributed by atoms with van der Waals surface area (Å²) in [7, 11) is 2.18. The van der Waals surface area contributed by atoms with Crippen molar-refractivity contribution in [3.63, 3.8) is 0 Å². The Balaban J connectivity index is 1.53. The molecule has 2 heterocycles. The standard InChI is InChI=1S/C19H19Cl2N3/c1-23-6-8-24(9-7-23)15-4-2-13(3-5-15)18-11-14-10-16(20)17(21)12-19(14)22-18/h2-5,10,12H,6-9,11H2,1H3. The van der Waals surface area contributed by atoms with Crippen molar-refractivity contribution in [1.29, 1.82) is 0 Å². The first-order chi connectivity index (χ1) is 11.6. The number of benzene rings is 2. The van der Waals surface area contributed by atoms with E-state index >= 15 is 0 Å². The summed E-state index contributed by atoms with van der Waals surface area (Å²) < 4.78 is 0. The molecule has 3 nitrogen and oxygen atoms in total. The Morgan fingerprint density at radius 1 is 0.917 bits per heavy atom. The average Bonchev–Trinajstić information content (AvgIpc) is 2.99. The van der Waals surface area contributed by atoms with Gasteiger partial charge in [-0.1, -0.05) is 35.3 Å². The third kappa shape index (κ3) is 3.04. The van der Waals surface area contributed by atoms with Crippen LogP contribution in [0, 0.1) is 0 Å². The number of piperazine rings is 1.